The summed E-state index contributed by atoms with van der Waals surface area (Å²) in [5.74, 6) is 0.544. The maximum absolute atomic E-state index is 11.8. The molecule has 0 saturated heterocycles. The molecular formula is C13H9IN2O2. The third-order valence-electron chi connectivity index (χ3n) is 2.76. The second-order valence-electron chi connectivity index (χ2n) is 3.96. The number of aromatic amines is 1. The molecule has 3 rings (SSSR count). The molecule has 5 heteroatoms. The molecule has 0 aliphatic heterocycles. The van der Waals surface area contributed by atoms with E-state index < -0.39 is 0 Å². The van der Waals surface area contributed by atoms with Gasteiger partial charge in [-0.3, -0.25) is 4.79 Å². The molecule has 1 aromatic carbocycles. The zero-order chi connectivity index (χ0) is 12.7. The van der Waals surface area contributed by atoms with E-state index in [1.165, 1.54) is 0 Å². The van der Waals surface area contributed by atoms with E-state index in [-0.39, 0.29) is 5.56 Å². The van der Waals surface area contributed by atoms with E-state index in [1.807, 2.05) is 53.8 Å². The average molecular weight is 352 g/mol. The van der Waals surface area contributed by atoms with Crippen LogP contribution in [0.3, 0.4) is 0 Å². The Kier molecular flexibility index (Phi) is 2.70. The molecule has 1 N–H and O–H groups in total. The summed E-state index contributed by atoms with van der Waals surface area (Å²) in [6.45, 7) is 1.82. The fourth-order valence-corrected chi connectivity index (χ4v) is 2.12. The minimum atomic E-state index is -0.122. The first kappa shape index (κ1) is 11.5. The van der Waals surface area contributed by atoms with Gasteiger partial charge < -0.3 is 9.40 Å². The molecule has 2 aromatic heterocycles. The zero-order valence-electron chi connectivity index (χ0n) is 9.53. The number of halogens is 1. The fraction of sp³-hybridized carbons (Fsp3) is 0.0769. The lowest BCUT2D eigenvalue weighted by molar-refractivity contribution is 0.616. The first-order chi connectivity index (χ1) is 8.66. The van der Waals surface area contributed by atoms with Gasteiger partial charge in [0.2, 0.25) is 0 Å². The maximum Gasteiger partial charge on any atom is 0.264 e. The second-order valence-corrected chi connectivity index (χ2v) is 5.04. The molecule has 0 radical (unpaired) electrons. The van der Waals surface area contributed by atoms with Gasteiger partial charge >= 0.3 is 0 Å². The van der Waals surface area contributed by atoms with Crippen LogP contribution in [0.4, 0.5) is 0 Å². The summed E-state index contributed by atoms with van der Waals surface area (Å²) in [6.07, 6.45) is 1.62. The van der Waals surface area contributed by atoms with Crippen LogP contribution in [0, 0.1) is 10.5 Å². The SMILES string of the molecule is Cc1nc(-c2coc3ccccc23)[nH]c(=O)c1I. The smallest absolute Gasteiger partial charge is 0.264 e. The monoisotopic (exact) mass is 352 g/mol. The normalized spacial score (nSPS) is 11.0. The summed E-state index contributed by atoms with van der Waals surface area (Å²) in [7, 11) is 0. The zero-order valence-corrected chi connectivity index (χ0v) is 11.7. The van der Waals surface area contributed by atoms with Crippen LogP contribution in [0.5, 0.6) is 0 Å². The molecule has 0 spiro atoms. The van der Waals surface area contributed by atoms with E-state index >= 15 is 0 Å². The summed E-state index contributed by atoms with van der Waals surface area (Å²) in [4.78, 5) is 18.9. The van der Waals surface area contributed by atoms with Gasteiger partial charge in [-0.05, 0) is 35.6 Å². The Hall–Kier alpha value is -1.63. The van der Waals surface area contributed by atoms with E-state index in [1.54, 1.807) is 6.26 Å². The Labute approximate surface area is 116 Å². The van der Waals surface area contributed by atoms with Crippen molar-refractivity contribution in [2.45, 2.75) is 6.92 Å². The van der Waals surface area contributed by atoms with Gasteiger partial charge in [-0.15, -0.1) is 0 Å². The van der Waals surface area contributed by atoms with Crippen molar-refractivity contribution in [3.63, 3.8) is 0 Å². The predicted octanol–water partition coefficient (Wildman–Crippen LogP) is 3.10. The molecule has 3 aromatic rings. The maximum atomic E-state index is 11.8. The third-order valence-corrected chi connectivity index (χ3v) is 4.04. The molecule has 2 heterocycles. The minimum Gasteiger partial charge on any atom is -0.464 e. The highest BCUT2D eigenvalue weighted by atomic mass is 127. The summed E-state index contributed by atoms with van der Waals surface area (Å²) in [6, 6.07) is 7.67. The highest BCUT2D eigenvalue weighted by Gasteiger charge is 2.12. The summed E-state index contributed by atoms with van der Waals surface area (Å²) < 4.78 is 6.06. The lowest BCUT2D eigenvalue weighted by Gasteiger charge is -2.01. The Morgan fingerprint density at radius 2 is 2.11 bits per heavy atom. The van der Waals surface area contributed by atoms with Crippen molar-refractivity contribution in [1.82, 2.24) is 9.97 Å². The van der Waals surface area contributed by atoms with Gasteiger partial charge in [0.1, 0.15) is 17.7 Å². The minimum absolute atomic E-state index is 0.122. The van der Waals surface area contributed by atoms with Crippen molar-refractivity contribution in [2.75, 3.05) is 0 Å². The molecule has 0 unspecified atom stereocenters. The van der Waals surface area contributed by atoms with Crippen molar-refractivity contribution in [1.29, 1.82) is 0 Å². The van der Waals surface area contributed by atoms with Crippen molar-refractivity contribution in [2.24, 2.45) is 0 Å². The Bertz CT molecular complexity index is 789. The van der Waals surface area contributed by atoms with Gasteiger partial charge in [-0.2, -0.15) is 0 Å². The number of aromatic nitrogens is 2. The fourth-order valence-electron chi connectivity index (χ4n) is 1.86. The molecular weight excluding hydrogens is 343 g/mol. The number of para-hydroxylation sites is 1. The Morgan fingerprint density at radius 3 is 2.89 bits per heavy atom. The number of fused-ring (bicyclic) bond motifs is 1. The van der Waals surface area contributed by atoms with Crippen LogP contribution in [0.25, 0.3) is 22.4 Å². The van der Waals surface area contributed by atoms with Crippen molar-refractivity contribution in [3.05, 3.63) is 50.1 Å². The average Bonchev–Trinajstić information content (AvgIpc) is 2.79. The number of nitrogens with zero attached hydrogens (tertiary/aromatic N) is 1. The van der Waals surface area contributed by atoms with Crippen molar-refractivity contribution < 1.29 is 4.42 Å². The van der Waals surface area contributed by atoms with Gasteiger partial charge in [0.25, 0.3) is 5.56 Å². The van der Waals surface area contributed by atoms with Gasteiger partial charge in [-0.1, -0.05) is 18.2 Å². The topological polar surface area (TPSA) is 58.9 Å². The number of H-pyrrole nitrogens is 1. The quantitative estimate of drug-likeness (QED) is 0.685. The number of hydrogen-bond donors (Lipinski definition) is 1. The Balaban J connectivity index is 2.30. The molecule has 0 fully saturated rings. The van der Waals surface area contributed by atoms with E-state index in [0.29, 0.717) is 9.39 Å². The molecule has 0 bridgehead atoms. The number of aryl methyl sites for hydroxylation is 1. The third kappa shape index (κ3) is 1.74. The standard InChI is InChI=1S/C13H9IN2O2/c1-7-11(14)13(17)16-12(15-7)9-6-18-10-5-3-2-4-8(9)10/h2-6H,1H3,(H,15,16,17). The molecule has 90 valence electrons. The summed E-state index contributed by atoms with van der Waals surface area (Å²) in [5, 5.41) is 0.946. The largest absolute Gasteiger partial charge is 0.464 e. The highest BCUT2D eigenvalue weighted by molar-refractivity contribution is 14.1. The highest BCUT2D eigenvalue weighted by Crippen LogP contribution is 2.27. The first-order valence-corrected chi connectivity index (χ1v) is 6.47. The van der Waals surface area contributed by atoms with Gasteiger partial charge in [0, 0.05) is 5.39 Å². The second kappa shape index (κ2) is 4.24. The van der Waals surface area contributed by atoms with Crippen LogP contribution >= 0.6 is 22.6 Å². The number of benzene rings is 1. The van der Waals surface area contributed by atoms with Crippen LogP contribution in [0.15, 0.2) is 39.7 Å². The molecule has 18 heavy (non-hydrogen) atoms. The van der Waals surface area contributed by atoms with Crippen LogP contribution in [0.1, 0.15) is 5.69 Å². The van der Waals surface area contributed by atoms with Crippen molar-refractivity contribution >= 4 is 33.6 Å². The van der Waals surface area contributed by atoms with Gasteiger partial charge in [0.15, 0.2) is 0 Å². The Morgan fingerprint density at radius 1 is 1.33 bits per heavy atom. The van der Waals surface area contributed by atoms with Crippen LogP contribution in [0.2, 0.25) is 0 Å². The van der Waals surface area contributed by atoms with Crippen LogP contribution < -0.4 is 5.56 Å². The van der Waals surface area contributed by atoms with E-state index in [2.05, 4.69) is 9.97 Å². The first-order valence-electron chi connectivity index (χ1n) is 5.40. The lowest BCUT2D eigenvalue weighted by Crippen LogP contribution is -2.14. The molecule has 0 amide bonds. The van der Waals surface area contributed by atoms with Crippen LogP contribution in [-0.2, 0) is 0 Å². The summed E-state index contributed by atoms with van der Waals surface area (Å²) >= 11 is 1.99. The predicted molar refractivity (Wildman–Crippen MR) is 77.5 cm³/mol. The van der Waals surface area contributed by atoms with E-state index in [0.717, 1.165) is 22.2 Å². The van der Waals surface area contributed by atoms with Gasteiger partial charge in [-0.25, -0.2) is 4.98 Å². The molecule has 0 aliphatic carbocycles. The molecule has 0 atom stereocenters. The molecule has 0 aliphatic rings. The van der Waals surface area contributed by atoms with Gasteiger partial charge in [0.05, 0.1) is 14.8 Å². The number of hydrogen-bond acceptors (Lipinski definition) is 3. The molecule has 4 nitrogen and oxygen atoms in total. The van der Waals surface area contributed by atoms with Crippen molar-refractivity contribution in [3.8, 4) is 11.4 Å². The number of nitrogens with one attached hydrogen (secondary N) is 1. The lowest BCUT2D eigenvalue weighted by atomic mass is 10.1. The van der Waals surface area contributed by atoms with E-state index in [4.69, 9.17) is 4.42 Å². The van der Waals surface area contributed by atoms with E-state index in [9.17, 15) is 4.79 Å². The molecule has 0 saturated carbocycles. The number of furan rings is 1. The number of rotatable bonds is 1. The van der Waals surface area contributed by atoms with Crippen LogP contribution in [-0.4, -0.2) is 9.97 Å². The summed E-state index contributed by atoms with van der Waals surface area (Å²) in [5.41, 5.74) is 2.19.